The van der Waals surface area contributed by atoms with Crippen LogP contribution < -0.4 is 10.2 Å². The molecule has 1 aromatic heterocycles. The molecule has 0 aliphatic rings. The summed E-state index contributed by atoms with van der Waals surface area (Å²) in [6.45, 7) is 3.70. The Morgan fingerprint density at radius 3 is 2.37 bits per heavy atom. The van der Waals surface area contributed by atoms with E-state index < -0.39 is 0 Å². The van der Waals surface area contributed by atoms with Gasteiger partial charge < -0.3 is 10.2 Å². The normalized spacial score (nSPS) is 10.4. The van der Waals surface area contributed by atoms with Crippen molar-refractivity contribution in [1.29, 1.82) is 0 Å². The second kappa shape index (κ2) is 8.94. The summed E-state index contributed by atoms with van der Waals surface area (Å²) < 4.78 is 12.9. The van der Waals surface area contributed by atoms with Gasteiger partial charge in [-0.1, -0.05) is 42.5 Å². The lowest BCUT2D eigenvalue weighted by Gasteiger charge is -2.22. The standard InChI is InChI=1S/C22H22FN3O/c1-2-26(16-18-6-4-3-5-7-18)21-13-12-20(15-24-21)25-22(27)14-17-8-10-19(23)11-9-17/h3-13,15H,2,14,16H2,1H3,(H,25,27). The minimum Gasteiger partial charge on any atom is -0.353 e. The molecule has 0 radical (unpaired) electrons. The van der Waals surface area contributed by atoms with Crippen molar-refractivity contribution in [1.82, 2.24) is 4.98 Å². The number of nitrogens with zero attached hydrogens (tertiary/aromatic N) is 2. The summed E-state index contributed by atoms with van der Waals surface area (Å²) in [4.78, 5) is 18.8. The summed E-state index contributed by atoms with van der Waals surface area (Å²) >= 11 is 0. The number of pyridine rings is 1. The quantitative estimate of drug-likeness (QED) is 0.675. The minimum absolute atomic E-state index is 0.159. The van der Waals surface area contributed by atoms with Crippen LogP contribution in [0.2, 0.25) is 0 Å². The van der Waals surface area contributed by atoms with Crippen molar-refractivity contribution in [3.05, 3.63) is 89.9 Å². The van der Waals surface area contributed by atoms with Gasteiger partial charge >= 0.3 is 0 Å². The Balaban J connectivity index is 1.60. The molecule has 0 saturated carbocycles. The number of nitrogens with one attached hydrogen (secondary N) is 1. The monoisotopic (exact) mass is 363 g/mol. The summed E-state index contributed by atoms with van der Waals surface area (Å²) in [6, 6.07) is 19.9. The summed E-state index contributed by atoms with van der Waals surface area (Å²) in [5, 5.41) is 2.83. The SMILES string of the molecule is CCN(Cc1ccccc1)c1ccc(NC(=O)Cc2ccc(F)cc2)cn1. The summed E-state index contributed by atoms with van der Waals surface area (Å²) in [7, 11) is 0. The van der Waals surface area contributed by atoms with Gasteiger partial charge in [-0.05, 0) is 42.3 Å². The number of benzene rings is 2. The third kappa shape index (κ3) is 5.38. The fourth-order valence-electron chi connectivity index (χ4n) is 2.80. The Labute approximate surface area is 158 Å². The van der Waals surface area contributed by atoms with Crippen LogP contribution in [0.1, 0.15) is 18.1 Å². The predicted molar refractivity (Wildman–Crippen MR) is 106 cm³/mol. The van der Waals surface area contributed by atoms with Crippen LogP contribution in [0.4, 0.5) is 15.9 Å². The molecular weight excluding hydrogens is 341 g/mol. The zero-order valence-electron chi connectivity index (χ0n) is 15.2. The molecule has 1 N–H and O–H groups in total. The summed E-state index contributed by atoms with van der Waals surface area (Å²) in [5.74, 6) is 0.389. The van der Waals surface area contributed by atoms with Crippen LogP contribution in [0.3, 0.4) is 0 Å². The van der Waals surface area contributed by atoms with E-state index in [1.807, 2.05) is 30.3 Å². The first-order chi connectivity index (χ1) is 13.1. The number of hydrogen-bond acceptors (Lipinski definition) is 3. The van der Waals surface area contributed by atoms with Gasteiger partial charge in [-0.3, -0.25) is 4.79 Å². The van der Waals surface area contributed by atoms with E-state index in [-0.39, 0.29) is 18.1 Å². The Morgan fingerprint density at radius 1 is 1.00 bits per heavy atom. The second-order valence-corrected chi connectivity index (χ2v) is 6.26. The molecule has 0 unspecified atom stereocenters. The summed E-state index contributed by atoms with van der Waals surface area (Å²) in [6.07, 6.45) is 1.85. The van der Waals surface area contributed by atoms with Gasteiger partial charge in [0, 0.05) is 13.1 Å². The topological polar surface area (TPSA) is 45.2 Å². The Kier molecular flexibility index (Phi) is 6.15. The van der Waals surface area contributed by atoms with Crippen LogP contribution in [-0.4, -0.2) is 17.4 Å². The number of halogens is 1. The molecular formula is C22H22FN3O. The lowest BCUT2D eigenvalue weighted by molar-refractivity contribution is -0.115. The maximum atomic E-state index is 12.9. The van der Waals surface area contributed by atoms with Gasteiger partial charge in [0.25, 0.3) is 0 Å². The molecule has 0 saturated heterocycles. The zero-order chi connectivity index (χ0) is 19.1. The fourth-order valence-corrected chi connectivity index (χ4v) is 2.80. The molecule has 0 aliphatic heterocycles. The van der Waals surface area contributed by atoms with E-state index in [4.69, 9.17) is 0 Å². The van der Waals surface area contributed by atoms with Crippen molar-refractivity contribution in [2.45, 2.75) is 19.9 Å². The third-order valence-corrected chi connectivity index (χ3v) is 4.23. The predicted octanol–water partition coefficient (Wildman–Crippen LogP) is 4.43. The highest BCUT2D eigenvalue weighted by molar-refractivity contribution is 5.92. The first-order valence-corrected chi connectivity index (χ1v) is 8.93. The van der Waals surface area contributed by atoms with Gasteiger partial charge in [0.1, 0.15) is 11.6 Å². The van der Waals surface area contributed by atoms with Crippen molar-refractivity contribution in [3.63, 3.8) is 0 Å². The lowest BCUT2D eigenvalue weighted by atomic mass is 10.1. The molecule has 4 nitrogen and oxygen atoms in total. The molecule has 1 heterocycles. The second-order valence-electron chi connectivity index (χ2n) is 6.26. The van der Waals surface area contributed by atoms with E-state index >= 15 is 0 Å². The van der Waals surface area contributed by atoms with Crippen LogP contribution in [0, 0.1) is 5.82 Å². The highest BCUT2D eigenvalue weighted by Gasteiger charge is 2.08. The summed E-state index contributed by atoms with van der Waals surface area (Å²) in [5.41, 5.74) is 2.62. The maximum Gasteiger partial charge on any atom is 0.228 e. The molecule has 0 bridgehead atoms. The van der Waals surface area contributed by atoms with Gasteiger partial charge in [0.2, 0.25) is 5.91 Å². The van der Waals surface area contributed by atoms with E-state index in [9.17, 15) is 9.18 Å². The lowest BCUT2D eigenvalue weighted by Crippen LogP contribution is -2.23. The largest absolute Gasteiger partial charge is 0.353 e. The van der Waals surface area contributed by atoms with E-state index in [0.29, 0.717) is 5.69 Å². The van der Waals surface area contributed by atoms with Crippen LogP contribution in [0.25, 0.3) is 0 Å². The number of carbonyl (C=O) groups is 1. The van der Waals surface area contributed by atoms with Crippen LogP contribution >= 0.6 is 0 Å². The number of amides is 1. The van der Waals surface area contributed by atoms with Crippen LogP contribution in [0.15, 0.2) is 72.9 Å². The Morgan fingerprint density at radius 2 is 1.74 bits per heavy atom. The number of hydrogen-bond donors (Lipinski definition) is 1. The van der Waals surface area contributed by atoms with Crippen molar-refractivity contribution >= 4 is 17.4 Å². The highest BCUT2D eigenvalue weighted by atomic mass is 19.1. The maximum absolute atomic E-state index is 12.9. The fraction of sp³-hybridized carbons (Fsp3) is 0.182. The first-order valence-electron chi connectivity index (χ1n) is 8.93. The van der Waals surface area contributed by atoms with Crippen molar-refractivity contribution in [3.8, 4) is 0 Å². The Hall–Kier alpha value is -3.21. The number of anilines is 2. The Bertz CT molecular complexity index is 864. The van der Waals surface area contributed by atoms with E-state index in [2.05, 4.69) is 34.3 Å². The molecule has 1 amide bonds. The van der Waals surface area contributed by atoms with Crippen LogP contribution in [-0.2, 0) is 17.8 Å². The number of aromatic nitrogens is 1. The van der Waals surface area contributed by atoms with Crippen molar-refractivity contribution < 1.29 is 9.18 Å². The van der Waals surface area contributed by atoms with Crippen molar-refractivity contribution in [2.75, 3.05) is 16.8 Å². The average molecular weight is 363 g/mol. The molecule has 0 aliphatic carbocycles. The highest BCUT2D eigenvalue weighted by Crippen LogP contribution is 2.17. The molecule has 0 fully saturated rings. The number of rotatable bonds is 7. The molecule has 5 heteroatoms. The van der Waals surface area contributed by atoms with Crippen molar-refractivity contribution in [2.24, 2.45) is 0 Å². The van der Waals surface area contributed by atoms with Gasteiger partial charge in [-0.2, -0.15) is 0 Å². The molecule has 27 heavy (non-hydrogen) atoms. The van der Waals surface area contributed by atoms with Gasteiger partial charge in [-0.25, -0.2) is 9.37 Å². The zero-order valence-corrected chi connectivity index (χ0v) is 15.2. The number of carbonyl (C=O) groups excluding carboxylic acids is 1. The first kappa shape index (κ1) is 18.6. The molecule has 3 aromatic rings. The molecule has 3 rings (SSSR count). The van der Waals surface area contributed by atoms with Gasteiger partial charge in [-0.15, -0.1) is 0 Å². The molecule has 0 atom stereocenters. The molecule has 2 aromatic carbocycles. The van der Waals surface area contributed by atoms with E-state index in [1.165, 1.54) is 17.7 Å². The smallest absolute Gasteiger partial charge is 0.228 e. The third-order valence-electron chi connectivity index (χ3n) is 4.23. The van der Waals surface area contributed by atoms with Gasteiger partial charge in [0.05, 0.1) is 18.3 Å². The van der Waals surface area contributed by atoms with E-state index in [0.717, 1.165) is 24.5 Å². The minimum atomic E-state index is -0.310. The molecule has 138 valence electrons. The average Bonchev–Trinajstić information content (AvgIpc) is 2.69. The molecule has 0 spiro atoms. The van der Waals surface area contributed by atoms with E-state index in [1.54, 1.807) is 18.3 Å². The van der Waals surface area contributed by atoms with Gasteiger partial charge in [0.15, 0.2) is 0 Å². The van der Waals surface area contributed by atoms with Crippen LogP contribution in [0.5, 0.6) is 0 Å².